The zero-order valence-corrected chi connectivity index (χ0v) is 24.5. The monoisotopic (exact) mass is 595 g/mol. The second kappa shape index (κ2) is 12.2. The highest BCUT2D eigenvalue weighted by atomic mass is 35.5. The molecule has 6 rings (SSSR count). The molecule has 2 aliphatic rings. The standard InChI is InChI=1S/C32H38ClN3O6/c1-20-17-36(13-9-27(20)37)14-12-32(39)10-7-23(8-11-32)34-31(38)42-30-16-25-26(35-30)3-2-4-28(25)40-18-21-19-41-29-6-5-22(33)15-24(21)29/h2-6,15-16,19-20,23,27,35,37,39H,7-14,17-18H2,1H3,(H,34,38)/t20-,23?,27-,32?/m0/s1. The van der Waals surface area contributed by atoms with E-state index in [2.05, 4.69) is 22.1 Å². The Labute approximate surface area is 249 Å². The fourth-order valence-electron chi connectivity index (χ4n) is 6.24. The number of aromatic nitrogens is 1. The summed E-state index contributed by atoms with van der Waals surface area (Å²) in [6.07, 6.45) is 5.07. The number of ether oxygens (including phenoxy) is 2. The lowest BCUT2D eigenvalue weighted by Crippen LogP contribution is -2.47. The third kappa shape index (κ3) is 6.54. The first-order chi connectivity index (χ1) is 20.2. The Bertz CT molecular complexity index is 1540. The molecular weight excluding hydrogens is 558 g/mol. The van der Waals surface area contributed by atoms with Gasteiger partial charge in [0.1, 0.15) is 17.9 Å². The maximum absolute atomic E-state index is 12.7. The highest BCUT2D eigenvalue weighted by Crippen LogP contribution is 2.33. The van der Waals surface area contributed by atoms with E-state index in [0.29, 0.717) is 55.4 Å². The zero-order chi connectivity index (χ0) is 29.3. The van der Waals surface area contributed by atoms with Gasteiger partial charge in [0.25, 0.3) is 0 Å². The highest BCUT2D eigenvalue weighted by molar-refractivity contribution is 6.31. The molecule has 0 unspecified atom stereocenters. The normalized spacial score (nSPS) is 25.1. The van der Waals surface area contributed by atoms with Gasteiger partial charge in [-0.3, -0.25) is 0 Å². The second-order valence-corrected chi connectivity index (χ2v) is 12.4. The van der Waals surface area contributed by atoms with E-state index in [1.165, 1.54) is 0 Å². The smallest absolute Gasteiger partial charge is 0.414 e. The fraction of sp³-hybridized carbons (Fsp3) is 0.469. The van der Waals surface area contributed by atoms with E-state index < -0.39 is 11.7 Å². The molecule has 2 atom stereocenters. The predicted octanol–water partition coefficient (Wildman–Crippen LogP) is 6.00. The van der Waals surface area contributed by atoms with Crippen molar-refractivity contribution in [1.29, 1.82) is 0 Å². The number of carbonyl (C=O) groups is 1. The van der Waals surface area contributed by atoms with Crippen LogP contribution in [0, 0.1) is 5.92 Å². The van der Waals surface area contributed by atoms with E-state index in [9.17, 15) is 15.0 Å². The molecule has 0 radical (unpaired) electrons. The molecule has 1 aliphatic heterocycles. The molecule has 1 amide bonds. The number of piperidine rings is 1. The Hall–Kier alpha value is -3.24. The first-order valence-electron chi connectivity index (χ1n) is 14.8. The lowest BCUT2D eigenvalue weighted by atomic mass is 9.80. The van der Waals surface area contributed by atoms with Gasteiger partial charge in [-0.05, 0) is 74.8 Å². The molecule has 9 nitrogen and oxygen atoms in total. The molecule has 2 aromatic heterocycles. The van der Waals surface area contributed by atoms with Gasteiger partial charge in [0, 0.05) is 53.1 Å². The second-order valence-electron chi connectivity index (χ2n) is 12.0. The average molecular weight is 596 g/mol. The predicted molar refractivity (Wildman–Crippen MR) is 161 cm³/mol. The van der Waals surface area contributed by atoms with E-state index in [1.807, 2.05) is 30.3 Å². The van der Waals surface area contributed by atoms with Crippen LogP contribution in [0.1, 0.15) is 51.0 Å². The molecule has 1 aliphatic carbocycles. The number of halogens is 1. The van der Waals surface area contributed by atoms with Crippen LogP contribution in [0.2, 0.25) is 5.02 Å². The van der Waals surface area contributed by atoms with Crippen molar-refractivity contribution >= 4 is 39.6 Å². The zero-order valence-electron chi connectivity index (χ0n) is 23.8. The van der Waals surface area contributed by atoms with Crippen molar-refractivity contribution in [2.45, 2.75) is 69.8 Å². The molecule has 1 saturated carbocycles. The highest BCUT2D eigenvalue weighted by Gasteiger charge is 2.35. The lowest BCUT2D eigenvalue weighted by Gasteiger charge is -2.39. The van der Waals surface area contributed by atoms with Crippen LogP contribution in [0.3, 0.4) is 0 Å². The molecule has 2 fully saturated rings. The summed E-state index contributed by atoms with van der Waals surface area (Å²) < 4.78 is 17.3. The van der Waals surface area contributed by atoms with Gasteiger partial charge >= 0.3 is 6.09 Å². The number of fused-ring (bicyclic) bond motifs is 2. The van der Waals surface area contributed by atoms with Gasteiger partial charge in [0.05, 0.1) is 23.5 Å². The minimum Gasteiger partial charge on any atom is -0.488 e. The van der Waals surface area contributed by atoms with Crippen LogP contribution in [0.4, 0.5) is 4.79 Å². The number of aliphatic hydroxyl groups excluding tert-OH is 1. The number of nitrogens with one attached hydrogen (secondary N) is 2. The maximum Gasteiger partial charge on any atom is 0.414 e. The van der Waals surface area contributed by atoms with Gasteiger partial charge in [0.15, 0.2) is 0 Å². The Morgan fingerprint density at radius 2 is 2.02 bits per heavy atom. The van der Waals surface area contributed by atoms with Crippen molar-refractivity contribution in [3.63, 3.8) is 0 Å². The van der Waals surface area contributed by atoms with Gasteiger partial charge in [-0.15, -0.1) is 0 Å². The average Bonchev–Trinajstić information content (AvgIpc) is 3.57. The molecule has 2 aromatic carbocycles. The van der Waals surface area contributed by atoms with Crippen LogP contribution < -0.4 is 14.8 Å². The summed E-state index contributed by atoms with van der Waals surface area (Å²) in [7, 11) is 0. The molecule has 3 heterocycles. The van der Waals surface area contributed by atoms with Gasteiger partial charge < -0.3 is 39.3 Å². The minimum absolute atomic E-state index is 0.0514. The van der Waals surface area contributed by atoms with Gasteiger partial charge in [0.2, 0.25) is 5.88 Å². The maximum atomic E-state index is 12.7. The summed E-state index contributed by atoms with van der Waals surface area (Å²) >= 11 is 6.16. The quantitative estimate of drug-likeness (QED) is 0.197. The Morgan fingerprint density at radius 1 is 1.19 bits per heavy atom. The number of hydrogen-bond acceptors (Lipinski definition) is 7. The van der Waals surface area contributed by atoms with Crippen LogP contribution in [-0.2, 0) is 6.61 Å². The van der Waals surface area contributed by atoms with Crippen molar-refractivity contribution in [2.75, 3.05) is 19.6 Å². The van der Waals surface area contributed by atoms with Crippen LogP contribution in [0.5, 0.6) is 11.6 Å². The Morgan fingerprint density at radius 3 is 2.83 bits per heavy atom. The molecule has 224 valence electrons. The number of hydrogen-bond donors (Lipinski definition) is 4. The molecule has 0 bridgehead atoms. The first kappa shape index (κ1) is 28.9. The third-order valence-corrected chi connectivity index (χ3v) is 9.11. The number of likely N-dealkylation sites (tertiary alicyclic amines) is 1. The summed E-state index contributed by atoms with van der Waals surface area (Å²) in [5.41, 5.74) is 1.70. The number of aliphatic hydroxyl groups is 2. The van der Waals surface area contributed by atoms with E-state index in [-0.39, 0.29) is 18.1 Å². The molecular formula is C32H38ClN3O6. The number of benzene rings is 2. The SMILES string of the molecule is C[C@H]1CN(CCC2(O)CCC(NC(=O)Oc3cc4c(OCc5coc6ccc(Cl)cc56)cccc4[nH]3)CC2)CC[C@@H]1O. The summed E-state index contributed by atoms with van der Waals surface area (Å²) in [6.45, 7) is 4.93. The molecule has 4 N–H and O–H groups in total. The van der Waals surface area contributed by atoms with Crippen molar-refractivity contribution in [3.8, 4) is 11.6 Å². The van der Waals surface area contributed by atoms with Crippen molar-refractivity contribution in [1.82, 2.24) is 15.2 Å². The summed E-state index contributed by atoms with van der Waals surface area (Å²) in [4.78, 5) is 18.2. The molecule has 1 saturated heterocycles. The number of rotatable bonds is 8. The van der Waals surface area contributed by atoms with E-state index in [4.69, 9.17) is 25.5 Å². The molecule has 4 aromatic rings. The summed E-state index contributed by atoms with van der Waals surface area (Å²) in [6, 6.07) is 12.8. The van der Waals surface area contributed by atoms with Crippen molar-refractivity contribution in [2.24, 2.45) is 5.92 Å². The molecule has 10 heteroatoms. The van der Waals surface area contributed by atoms with Crippen LogP contribution in [0.25, 0.3) is 21.9 Å². The number of aromatic amines is 1. The van der Waals surface area contributed by atoms with Crippen LogP contribution >= 0.6 is 11.6 Å². The van der Waals surface area contributed by atoms with Gasteiger partial charge in [-0.1, -0.05) is 24.6 Å². The summed E-state index contributed by atoms with van der Waals surface area (Å²) in [5, 5.41) is 26.4. The first-order valence-corrected chi connectivity index (χ1v) is 15.1. The number of carbonyl (C=O) groups excluding carboxylic acids is 1. The lowest BCUT2D eigenvalue weighted by molar-refractivity contribution is -0.0271. The number of nitrogens with zero attached hydrogens (tertiary/aromatic N) is 1. The molecule has 42 heavy (non-hydrogen) atoms. The van der Waals surface area contributed by atoms with Crippen LogP contribution in [0.15, 0.2) is 53.1 Å². The van der Waals surface area contributed by atoms with E-state index in [0.717, 1.165) is 53.5 Å². The molecule has 0 spiro atoms. The Kier molecular flexibility index (Phi) is 8.36. The third-order valence-electron chi connectivity index (χ3n) is 8.88. The van der Waals surface area contributed by atoms with Crippen molar-refractivity contribution in [3.05, 3.63) is 59.3 Å². The number of furan rings is 1. The van der Waals surface area contributed by atoms with Crippen LogP contribution in [-0.4, -0.2) is 63.6 Å². The Balaban J connectivity index is 0.999. The topological polar surface area (TPSA) is 120 Å². The van der Waals surface area contributed by atoms with E-state index in [1.54, 1.807) is 18.4 Å². The largest absolute Gasteiger partial charge is 0.488 e. The van der Waals surface area contributed by atoms with Crippen molar-refractivity contribution < 1.29 is 28.9 Å². The fourth-order valence-corrected chi connectivity index (χ4v) is 6.41. The van der Waals surface area contributed by atoms with Gasteiger partial charge in [-0.25, -0.2) is 4.79 Å². The number of H-pyrrole nitrogens is 1. The van der Waals surface area contributed by atoms with E-state index >= 15 is 0 Å². The van der Waals surface area contributed by atoms with Gasteiger partial charge in [-0.2, -0.15) is 0 Å². The summed E-state index contributed by atoms with van der Waals surface area (Å²) in [5.74, 6) is 1.24. The minimum atomic E-state index is -0.718. The number of amides is 1.